The normalized spacial score (nSPS) is 27.2. The molecule has 0 aromatic heterocycles. The first-order chi connectivity index (χ1) is 10.2. The molecule has 21 heavy (non-hydrogen) atoms. The van der Waals surface area contributed by atoms with E-state index in [1.54, 1.807) is 6.07 Å². The molecule has 1 fully saturated rings. The van der Waals surface area contributed by atoms with E-state index in [0.717, 1.165) is 25.1 Å². The molecule has 3 unspecified atom stereocenters. The largest absolute Gasteiger partial charge is 0.428 e. The van der Waals surface area contributed by atoms with Crippen LogP contribution in [0.25, 0.3) is 0 Å². The molecule has 1 aromatic carbocycles. The molecule has 0 N–H and O–H groups in total. The quantitative estimate of drug-likeness (QED) is 0.798. The first-order valence-electron chi connectivity index (χ1n) is 7.90. The molecule has 1 saturated heterocycles. The maximum atomic E-state index is 11.8. The number of piperidine rings is 1. The number of hydrogen-bond acceptors (Lipinski definition) is 4. The van der Waals surface area contributed by atoms with Gasteiger partial charge in [-0.1, -0.05) is 31.5 Å². The van der Waals surface area contributed by atoms with Gasteiger partial charge in [0.25, 0.3) is 0 Å². The number of likely N-dealkylation sites (N-methyl/N-ethyl adjacent to an activating group) is 1. The van der Waals surface area contributed by atoms with E-state index in [9.17, 15) is 4.79 Å². The maximum Gasteiger partial charge on any atom is 0.341 e. The zero-order chi connectivity index (χ0) is 14.8. The second-order valence-electron chi connectivity index (χ2n) is 5.86. The molecule has 0 bridgehead atoms. The van der Waals surface area contributed by atoms with Crippen LogP contribution in [-0.2, 0) is 9.47 Å². The molecule has 2 aliphatic heterocycles. The molecule has 0 spiro atoms. The van der Waals surface area contributed by atoms with Crippen LogP contribution >= 0.6 is 0 Å². The molecular weight excluding hydrogens is 266 g/mol. The van der Waals surface area contributed by atoms with Crippen LogP contribution in [0.1, 0.15) is 55.3 Å². The number of cyclic esters (lactones) is 1. The van der Waals surface area contributed by atoms with Gasteiger partial charge in [-0.3, -0.25) is 4.90 Å². The number of carbonyl (C=O) groups is 1. The average molecular weight is 289 g/mol. The molecule has 2 heterocycles. The molecule has 0 aliphatic carbocycles. The van der Waals surface area contributed by atoms with E-state index in [1.165, 1.54) is 12.8 Å². The van der Waals surface area contributed by atoms with Crippen LogP contribution in [0.2, 0.25) is 0 Å². The summed E-state index contributed by atoms with van der Waals surface area (Å²) < 4.78 is 11.5. The molecular formula is C17H23NO3. The fourth-order valence-electron chi connectivity index (χ4n) is 3.44. The number of esters is 1. The zero-order valence-corrected chi connectivity index (χ0v) is 12.7. The average Bonchev–Trinajstić information content (AvgIpc) is 2.84. The smallest absolute Gasteiger partial charge is 0.341 e. The highest BCUT2D eigenvalue weighted by atomic mass is 16.7. The van der Waals surface area contributed by atoms with Gasteiger partial charge < -0.3 is 9.47 Å². The molecule has 4 nitrogen and oxygen atoms in total. The summed E-state index contributed by atoms with van der Waals surface area (Å²) in [5.74, 6) is -0.279. The fourth-order valence-corrected chi connectivity index (χ4v) is 3.44. The van der Waals surface area contributed by atoms with Crippen molar-refractivity contribution in [3.8, 4) is 0 Å². The lowest BCUT2D eigenvalue weighted by Gasteiger charge is -2.38. The lowest BCUT2D eigenvalue weighted by atomic mass is 9.98. The number of hydrogen-bond donors (Lipinski definition) is 0. The molecule has 3 rings (SSSR count). The summed E-state index contributed by atoms with van der Waals surface area (Å²) in [7, 11) is 0. The van der Waals surface area contributed by atoms with Crippen molar-refractivity contribution in [2.75, 3.05) is 13.1 Å². The van der Waals surface area contributed by atoms with E-state index in [2.05, 4.69) is 18.7 Å². The van der Waals surface area contributed by atoms with Crippen molar-refractivity contribution in [3.63, 3.8) is 0 Å². The molecule has 4 heteroatoms. The van der Waals surface area contributed by atoms with Gasteiger partial charge in [0.15, 0.2) is 0 Å². The SMILES string of the molecule is CCN1CCCCC1C(C)OC1OC(=O)c2ccccc21. The van der Waals surface area contributed by atoms with E-state index in [0.29, 0.717) is 11.6 Å². The van der Waals surface area contributed by atoms with Gasteiger partial charge in [0.1, 0.15) is 0 Å². The lowest BCUT2D eigenvalue weighted by molar-refractivity contribution is -0.153. The second kappa shape index (κ2) is 6.16. The van der Waals surface area contributed by atoms with Gasteiger partial charge in [-0.15, -0.1) is 0 Å². The predicted molar refractivity (Wildman–Crippen MR) is 80.0 cm³/mol. The Morgan fingerprint density at radius 3 is 3.00 bits per heavy atom. The summed E-state index contributed by atoms with van der Waals surface area (Å²) in [6.45, 7) is 6.46. The molecule has 0 amide bonds. The number of benzene rings is 1. The van der Waals surface area contributed by atoms with Crippen molar-refractivity contribution < 1.29 is 14.3 Å². The molecule has 1 aromatic rings. The highest BCUT2D eigenvalue weighted by Gasteiger charge is 2.35. The number of rotatable bonds is 4. The summed E-state index contributed by atoms with van der Waals surface area (Å²) in [6.07, 6.45) is 3.16. The number of ether oxygens (including phenoxy) is 2. The fraction of sp³-hybridized carbons (Fsp3) is 0.588. The summed E-state index contributed by atoms with van der Waals surface area (Å²) in [5, 5.41) is 0. The third kappa shape index (κ3) is 2.83. The highest BCUT2D eigenvalue weighted by molar-refractivity contribution is 5.93. The first-order valence-corrected chi connectivity index (χ1v) is 7.90. The van der Waals surface area contributed by atoms with E-state index in [4.69, 9.17) is 9.47 Å². The van der Waals surface area contributed by atoms with Crippen LogP contribution in [0.5, 0.6) is 0 Å². The van der Waals surface area contributed by atoms with Gasteiger partial charge in [0.2, 0.25) is 6.29 Å². The zero-order valence-electron chi connectivity index (χ0n) is 12.7. The molecule has 114 valence electrons. The highest BCUT2D eigenvalue weighted by Crippen LogP contribution is 2.33. The monoisotopic (exact) mass is 289 g/mol. The number of fused-ring (bicyclic) bond motifs is 1. The van der Waals surface area contributed by atoms with Crippen molar-refractivity contribution in [1.82, 2.24) is 4.90 Å². The second-order valence-corrected chi connectivity index (χ2v) is 5.86. The van der Waals surface area contributed by atoms with Crippen molar-refractivity contribution in [2.45, 2.75) is 51.5 Å². The van der Waals surface area contributed by atoms with Crippen molar-refractivity contribution in [1.29, 1.82) is 0 Å². The molecule has 0 radical (unpaired) electrons. The topological polar surface area (TPSA) is 38.8 Å². The Balaban J connectivity index is 1.71. The minimum Gasteiger partial charge on any atom is -0.428 e. The van der Waals surface area contributed by atoms with Gasteiger partial charge >= 0.3 is 5.97 Å². The van der Waals surface area contributed by atoms with Crippen LogP contribution in [0.15, 0.2) is 24.3 Å². The van der Waals surface area contributed by atoms with Gasteiger partial charge in [-0.2, -0.15) is 0 Å². The molecule has 2 aliphatic rings. The van der Waals surface area contributed by atoms with E-state index >= 15 is 0 Å². The van der Waals surface area contributed by atoms with Crippen LogP contribution in [0.3, 0.4) is 0 Å². The Morgan fingerprint density at radius 2 is 2.19 bits per heavy atom. The Hall–Kier alpha value is -1.39. The van der Waals surface area contributed by atoms with Gasteiger partial charge in [0, 0.05) is 11.6 Å². The van der Waals surface area contributed by atoms with Crippen LogP contribution in [0.4, 0.5) is 0 Å². The number of carbonyl (C=O) groups excluding carboxylic acids is 1. The summed E-state index contributed by atoms with van der Waals surface area (Å²) in [5.41, 5.74) is 1.49. The van der Waals surface area contributed by atoms with E-state index < -0.39 is 6.29 Å². The number of nitrogens with zero attached hydrogens (tertiary/aromatic N) is 1. The molecule has 3 atom stereocenters. The summed E-state index contributed by atoms with van der Waals surface area (Å²) in [4.78, 5) is 14.3. The summed E-state index contributed by atoms with van der Waals surface area (Å²) in [6, 6.07) is 7.89. The van der Waals surface area contributed by atoms with Gasteiger partial charge in [-0.05, 0) is 38.9 Å². The third-order valence-electron chi connectivity index (χ3n) is 4.60. The molecule has 0 saturated carbocycles. The number of likely N-dealkylation sites (tertiary alicyclic amines) is 1. The van der Waals surface area contributed by atoms with Crippen molar-refractivity contribution in [2.24, 2.45) is 0 Å². The van der Waals surface area contributed by atoms with Gasteiger partial charge in [0.05, 0.1) is 11.7 Å². The van der Waals surface area contributed by atoms with E-state index in [1.807, 2.05) is 18.2 Å². The third-order valence-corrected chi connectivity index (χ3v) is 4.60. The van der Waals surface area contributed by atoms with E-state index in [-0.39, 0.29) is 12.1 Å². The van der Waals surface area contributed by atoms with Crippen LogP contribution < -0.4 is 0 Å². The van der Waals surface area contributed by atoms with Crippen LogP contribution in [-0.4, -0.2) is 36.1 Å². The van der Waals surface area contributed by atoms with Gasteiger partial charge in [-0.25, -0.2) is 4.79 Å². The standard InChI is InChI=1S/C17H23NO3/c1-3-18-11-7-6-10-15(18)12(2)20-17-14-9-5-4-8-13(14)16(19)21-17/h4-5,8-9,12,15,17H,3,6-7,10-11H2,1-2H3. The van der Waals surface area contributed by atoms with Crippen LogP contribution in [0, 0.1) is 0 Å². The summed E-state index contributed by atoms with van der Waals surface area (Å²) >= 11 is 0. The first kappa shape index (κ1) is 14.5. The Labute approximate surface area is 126 Å². The Bertz CT molecular complexity index is 517. The Kier molecular flexibility index (Phi) is 4.27. The Morgan fingerprint density at radius 1 is 1.38 bits per heavy atom. The van der Waals surface area contributed by atoms with Crippen molar-refractivity contribution in [3.05, 3.63) is 35.4 Å². The van der Waals surface area contributed by atoms with Crippen molar-refractivity contribution >= 4 is 5.97 Å². The minimum atomic E-state index is -0.552. The predicted octanol–water partition coefficient (Wildman–Crippen LogP) is 3.14. The minimum absolute atomic E-state index is 0.0502. The maximum absolute atomic E-state index is 11.8. The lowest BCUT2D eigenvalue weighted by Crippen LogP contribution is -2.46.